The van der Waals surface area contributed by atoms with E-state index in [1.54, 1.807) is 0 Å². The van der Waals surface area contributed by atoms with Gasteiger partial charge in [-0.25, -0.2) is 0 Å². The molecule has 0 aromatic heterocycles. The minimum absolute atomic E-state index is 0.159. The van der Waals surface area contributed by atoms with Crippen LogP contribution in [0.2, 0.25) is 0 Å². The van der Waals surface area contributed by atoms with Crippen molar-refractivity contribution < 1.29 is 24.1 Å². The van der Waals surface area contributed by atoms with E-state index in [0.29, 0.717) is 61.8 Å². The van der Waals surface area contributed by atoms with Gasteiger partial charge in [-0.15, -0.1) is 0 Å². The van der Waals surface area contributed by atoms with Crippen molar-refractivity contribution in [2.24, 2.45) is 52.3 Å². The van der Waals surface area contributed by atoms with Gasteiger partial charge in [-0.1, -0.05) is 33.8 Å². The Hall–Kier alpha value is -0.950. The number of carbonyl (C=O) groups is 1. The van der Waals surface area contributed by atoms with Gasteiger partial charge >= 0.3 is 0 Å². The second-order valence-corrected chi connectivity index (χ2v) is 14.7. The van der Waals surface area contributed by atoms with Crippen molar-refractivity contribution in [3.8, 4) is 0 Å². The van der Waals surface area contributed by atoms with Gasteiger partial charge in [0.2, 0.25) is 5.91 Å². The van der Waals surface area contributed by atoms with Crippen LogP contribution in [0.15, 0.2) is 11.6 Å². The Balaban J connectivity index is 1.30. The fourth-order valence-corrected chi connectivity index (χ4v) is 10.9. The second kappa shape index (κ2) is 9.03. The number of rotatable bonds is 1. The average molecular weight is 528 g/mol. The first-order valence-corrected chi connectivity index (χ1v) is 15.8. The third kappa shape index (κ3) is 3.55. The van der Waals surface area contributed by atoms with Crippen LogP contribution in [0.1, 0.15) is 79.1 Å². The lowest BCUT2D eigenvalue weighted by Crippen LogP contribution is -2.56. The predicted molar refractivity (Wildman–Crippen MR) is 144 cm³/mol. The zero-order chi connectivity index (χ0) is 26.4. The van der Waals surface area contributed by atoms with E-state index < -0.39 is 5.79 Å². The van der Waals surface area contributed by atoms with Crippen LogP contribution in [0.3, 0.4) is 0 Å². The van der Waals surface area contributed by atoms with E-state index in [4.69, 9.17) is 14.2 Å². The minimum atomic E-state index is -0.483. The third-order valence-electron chi connectivity index (χ3n) is 13.1. The molecule has 0 bridgehead atoms. The molecule has 212 valence electrons. The Labute approximate surface area is 228 Å². The van der Waals surface area contributed by atoms with Gasteiger partial charge in [-0.3, -0.25) is 4.79 Å². The summed E-state index contributed by atoms with van der Waals surface area (Å²) in [5.41, 5.74) is 1.03. The van der Waals surface area contributed by atoms with Gasteiger partial charge in [0.25, 0.3) is 0 Å². The van der Waals surface area contributed by atoms with Gasteiger partial charge in [0.1, 0.15) is 0 Å². The van der Waals surface area contributed by atoms with Gasteiger partial charge < -0.3 is 24.2 Å². The molecular formula is C32H49NO5. The molecule has 1 amide bonds. The van der Waals surface area contributed by atoms with Gasteiger partial charge in [0, 0.05) is 42.3 Å². The molecule has 0 aromatic carbocycles. The standard InChI is InChI=1S/C32H49NO5/c1-19-7-10-32(37-18-19)20(2)28-27(38-32)17-25-23-6-5-21-15-22(34)8-9-30(21,3)24(23)16-26(31(25,28)4)29(35)33-11-13-36-14-12-33/h16,19-25,27-28,34H,5-15,17-18H2,1-4H3/t19-,20+,21+,22+,23-,24+,25+,27+,28+,30+,31-,32-/m1/s1. The summed E-state index contributed by atoms with van der Waals surface area (Å²) in [5, 5.41) is 10.5. The maximum absolute atomic E-state index is 14.5. The van der Waals surface area contributed by atoms with E-state index in [0.717, 1.165) is 50.7 Å². The molecule has 3 saturated heterocycles. The van der Waals surface area contributed by atoms with Crippen molar-refractivity contribution in [1.29, 1.82) is 0 Å². The van der Waals surface area contributed by atoms with Crippen LogP contribution in [0.5, 0.6) is 0 Å². The molecule has 38 heavy (non-hydrogen) atoms. The summed E-state index contributed by atoms with van der Waals surface area (Å²) in [6, 6.07) is 0. The molecule has 3 heterocycles. The first-order valence-electron chi connectivity index (χ1n) is 15.8. The molecule has 7 aliphatic rings. The van der Waals surface area contributed by atoms with Crippen molar-refractivity contribution in [3.63, 3.8) is 0 Å². The monoisotopic (exact) mass is 527 g/mol. The van der Waals surface area contributed by atoms with Crippen LogP contribution in [0.25, 0.3) is 0 Å². The molecular weight excluding hydrogens is 478 g/mol. The fourth-order valence-electron chi connectivity index (χ4n) is 10.9. The molecule has 0 radical (unpaired) electrons. The van der Waals surface area contributed by atoms with Crippen molar-refractivity contribution in [2.75, 3.05) is 32.9 Å². The molecule has 6 heteroatoms. The number of morpholine rings is 1. The third-order valence-corrected chi connectivity index (χ3v) is 13.1. The van der Waals surface area contributed by atoms with E-state index in [2.05, 4.69) is 38.7 Å². The second-order valence-electron chi connectivity index (χ2n) is 14.7. The van der Waals surface area contributed by atoms with Crippen molar-refractivity contribution in [1.82, 2.24) is 4.90 Å². The van der Waals surface area contributed by atoms with Crippen LogP contribution < -0.4 is 0 Å². The summed E-state index contributed by atoms with van der Waals surface area (Å²) in [6.07, 6.45) is 10.9. The lowest BCUT2D eigenvalue weighted by molar-refractivity contribution is -0.272. The van der Waals surface area contributed by atoms with E-state index in [9.17, 15) is 9.90 Å². The maximum atomic E-state index is 14.5. The number of carbonyl (C=O) groups excluding carboxylic acids is 1. The number of aliphatic hydroxyl groups excluding tert-OH is 1. The molecule has 7 rings (SSSR count). The quantitative estimate of drug-likeness (QED) is 0.531. The number of amides is 1. The van der Waals surface area contributed by atoms with Crippen LogP contribution >= 0.6 is 0 Å². The predicted octanol–water partition coefficient (Wildman–Crippen LogP) is 4.80. The van der Waals surface area contributed by atoms with E-state index in [-0.39, 0.29) is 34.9 Å². The topological polar surface area (TPSA) is 68.2 Å². The highest BCUT2D eigenvalue weighted by Crippen LogP contribution is 2.71. The highest BCUT2D eigenvalue weighted by Gasteiger charge is 2.70. The number of ether oxygens (including phenoxy) is 3. The lowest BCUT2D eigenvalue weighted by Gasteiger charge is -2.60. The Bertz CT molecular complexity index is 982. The summed E-state index contributed by atoms with van der Waals surface area (Å²) in [4.78, 5) is 16.6. The molecule has 0 aromatic rings. The van der Waals surface area contributed by atoms with Crippen molar-refractivity contribution in [3.05, 3.63) is 11.6 Å². The Morgan fingerprint density at radius 2 is 1.84 bits per heavy atom. The number of allylic oxidation sites excluding steroid dienone is 1. The summed E-state index contributed by atoms with van der Waals surface area (Å²) < 4.78 is 19.2. The molecule has 4 aliphatic carbocycles. The normalized spacial score (nSPS) is 54.1. The molecule has 6 nitrogen and oxygen atoms in total. The Kier molecular flexibility index (Phi) is 6.17. The molecule has 3 saturated carbocycles. The summed E-state index contributed by atoms with van der Waals surface area (Å²) >= 11 is 0. The van der Waals surface area contributed by atoms with Crippen LogP contribution in [0, 0.1) is 52.3 Å². The lowest BCUT2D eigenvalue weighted by atomic mass is 9.45. The maximum Gasteiger partial charge on any atom is 0.250 e. The highest BCUT2D eigenvalue weighted by atomic mass is 16.7. The molecule has 1 spiro atoms. The summed E-state index contributed by atoms with van der Waals surface area (Å²) in [5.74, 6) is 2.91. The largest absolute Gasteiger partial charge is 0.393 e. The van der Waals surface area contributed by atoms with Gasteiger partial charge in [0.15, 0.2) is 5.79 Å². The fraction of sp³-hybridized carbons (Fsp3) is 0.906. The van der Waals surface area contributed by atoms with Crippen LogP contribution in [0.4, 0.5) is 0 Å². The van der Waals surface area contributed by atoms with Gasteiger partial charge in [-0.2, -0.15) is 0 Å². The average Bonchev–Trinajstić information content (AvgIpc) is 3.36. The molecule has 12 atom stereocenters. The smallest absolute Gasteiger partial charge is 0.250 e. The highest BCUT2D eigenvalue weighted by molar-refractivity contribution is 5.95. The zero-order valence-corrected chi connectivity index (χ0v) is 24.0. The van der Waals surface area contributed by atoms with Gasteiger partial charge in [0.05, 0.1) is 32.0 Å². The first-order chi connectivity index (χ1) is 18.2. The number of nitrogens with zero attached hydrogens (tertiary/aromatic N) is 1. The zero-order valence-electron chi connectivity index (χ0n) is 24.0. The molecule has 1 N–H and O–H groups in total. The number of hydrogen-bond acceptors (Lipinski definition) is 5. The molecule has 3 aliphatic heterocycles. The van der Waals surface area contributed by atoms with Gasteiger partial charge in [-0.05, 0) is 80.0 Å². The molecule has 0 unspecified atom stereocenters. The SMILES string of the molecule is C[C@@H]1CC[C@@]2(OC1)O[C@H]1C[C@H]3[C@@H]4CC[C@H]5C[C@@H](O)CC[C@]5(C)[C@H]4C=C(C(=O)N4CCOCC4)[C@]3(C)[C@H]1[C@@H]2C. The number of aliphatic hydroxyl groups is 1. The van der Waals surface area contributed by atoms with E-state index >= 15 is 0 Å². The van der Waals surface area contributed by atoms with Crippen LogP contribution in [-0.4, -0.2) is 66.8 Å². The molecule has 6 fully saturated rings. The summed E-state index contributed by atoms with van der Waals surface area (Å²) in [6.45, 7) is 12.9. The first kappa shape index (κ1) is 26.0. The summed E-state index contributed by atoms with van der Waals surface area (Å²) in [7, 11) is 0. The Morgan fingerprint density at radius 3 is 2.58 bits per heavy atom. The number of fused-ring (bicyclic) bond motifs is 7. The minimum Gasteiger partial charge on any atom is -0.393 e. The van der Waals surface area contributed by atoms with E-state index in [1.807, 2.05) is 0 Å². The van der Waals surface area contributed by atoms with Crippen molar-refractivity contribution in [2.45, 2.75) is 97.1 Å². The van der Waals surface area contributed by atoms with Crippen molar-refractivity contribution >= 4 is 5.91 Å². The number of hydrogen-bond donors (Lipinski definition) is 1. The van der Waals surface area contributed by atoms with E-state index in [1.165, 1.54) is 12.8 Å². The Morgan fingerprint density at radius 1 is 1.05 bits per heavy atom. The van der Waals surface area contributed by atoms with Crippen LogP contribution in [-0.2, 0) is 19.0 Å².